The summed E-state index contributed by atoms with van der Waals surface area (Å²) < 4.78 is 0. The fourth-order valence-corrected chi connectivity index (χ4v) is 4.97. The van der Waals surface area contributed by atoms with Crippen LogP contribution < -0.4 is 10.6 Å². The Balaban J connectivity index is 1.64. The Bertz CT molecular complexity index is 1280. The van der Waals surface area contributed by atoms with Crippen molar-refractivity contribution in [3.05, 3.63) is 58.0 Å². The third kappa shape index (κ3) is 7.23. The van der Waals surface area contributed by atoms with E-state index in [2.05, 4.69) is 70.7 Å². The van der Waals surface area contributed by atoms with Gasteiger partial charge in [0, 0.05) is 40.7 Å². The lowest BCUT2D eigenvalue weighted by molar-refractivity contribution is 0.400. The first kappa shape index (κ1) is 27.4. The molecule has 9 heteroatoms. The molecule has 0 radical (unpaired) electrons. The summed E-state index contributed by atoms with van der Waals surface area (Å²) in [5.74, 6) is 0.539. The van der Waals surface area contributed by atoms with E-state index in [1.165, 1.54) is 5.56 Å². The van der Waals surface area contributed by atoms with E-state index in [0.29, 0.717) is 12.4 Å². The maximum atomic E-state index is 6.68. The Labute approximate surface area is 230 Å². The summed E-state index contributed by atoms with van der Waals surface area (Å²) in [4.78, 5) is 19.3. The number of aromatic nitrogens is 3. The zero-order chi connectivity index (χ0) is 26.5. The summed E-state index contributed by atoms with van der Waals surface area (Å²) >= 11 is 12.3. The number of nitrogens with zero attached hydrogens (tertiary/aromatic N) is 5. The van der Waals surface area contributed by atoms with Gasteiger partial charge in [0.05, 0.1) is 22.1 Å². The maximum Gasteiger partial charge on any atom is 0.227 e. The lowest BCUT2D eigenvalue weighted by Crippen LogP contribution is -2.13. The minimum Gasteiger partial charge on any atom is -0.349 e. The van der Waals surface area contributed by atoms with Crippen LogP contribution in [0.2, 0.25) is 5.02 Å². The molecule has 1 aliphatic heterocycles. The molecule has 0 atom stereocenters. The number of fused-ring (bicyclic) bond motifs is 3. The van der Waals surface area contributed by atoms with Crippen molar-refractivity contribution in [1.29, 1.82) is 0 Å². The molecule has 0 saturated carbocycles. The number of rotatable bonds is 10. The molecule has 4 rings (SSSR count). The van der Waals surface area contributed by atoms with Gasteiger partial charge >= 0.3 is 0 Å². The zero-order valence-corrected chi connectivity index (χ0v) is 23.9. The number of halogens is 1. The van der Waals surface area contributed by atoms with Gasteiger partial charge < -0.3 is 20.4 Å². The van der Waals surface area contributed by atoms with Crippen LogP contribution in [0.4, 0.5) is 17.3 Å². The second-order valence-electron chi connectivity index (χ2n) is 10.2. The molecule has 0 spiro atoms. The zero-order valence-electron chi connectivity index (χ0n) is 22.4. The first-order valence-electron chi connectivity index (χ1n) is 12.7. The molecule has 0 amide bonds. The third-order valence-electron chi connectivity index (χ3n) is 6.44. The highest BCUT2D eigenvalue weighted by Gasteiger charge is 2.21. The molecule has 2 N–H and O–H groups in total. The Kier molecular flexibility index (Phi) is 9.08. The van der Waals surface area contributed by atoms with Gasteiger partial charge in [0.2, 0.25) is 5.95 Å². The van der Waals surface area contributed by atoms with Crippen LogP contribution in [-0.2, 0) is 19.3 Å². The molecule has 1 aromatic carbocycles. The largest absolute Gasteiger partial charge is 0.349 e. The number of hydrogen-bond donors (Lipinski definition) is 2. The van der Waals surface area contributed by atoms with Gasteiger partial charge in [-0.1, -0.05) is 23.8 Å². The van der Waals surface area contributed by atoms with Gasteiger partial charge in [0.1, 0.15) is 0 Å². The van der Waals surface area contributed by atoms with Gasteiger partial charge in [-0.2, -0.15) is 0 Å². The predicted molar refractivity (Wildman–Crippen MR) is 158 cm³/mol. The molecule has 1 aliphatic rings. The molecule has 0 fully saturated rings. The first-order valence-corrected chi connectivity index (χ1v) is 13.5. The van der Waals surface area contributed by atoms with Crippen LogP contribution >= 0.6 is 23.8 Å². The molecule has 0 bridgehead atoms. The summed E-state index contributed by atoms with van der Waals surface area (Å²) in [6.07, 6.45) is 8.38. The Morgan fingerprint density at radius 3 is 2.46 bits per heavy atom. The van der Waals surface area contributed by atoms with Crippen molar-refractivity contribution in [2.24, 2.45) is 0 Å². The summed E-state index contributed by atoms with van der Waals surface area (Å²) in [7, 11) is 8.36. The number of pyridine rings is 1. The highest BCUT2D eigenvalue weighted by atomic mass is 35.5. The van der Waals surface area contributed by atoms with Gasteiger partial charge in [0.15, 0.2) is 0 Å². The van der Waals surface area contributed by atoms with E-state index < -0.39 is 0 Å². The van der Waals surface area contributed by atoms with Crippen molar-refractivity contribution < 1.29 is 0 Å². The molecule has 196 valence electrons. The molecule has 3 aromatic rings. The van der Waals surface area contributed by atoms with Crippen LogP contribution in [0.15, 0.2) is 30.6 Å². The predicted octanol–water partition coefficient (Wildman–Crippen LogP) is 5.53. The Morgan fingerprint density at radius 1 is 1.00 bits per heavy atom. The fourth-order valence-electron chi connectivity index (χ4n) is 4.45. The SMILES string of the molecule is Cc1ncc(CCCN(C)C)cc1Nc1ncc2c(n1)-c1cc(CCCN(C)C)c(Cl)cc1NC(=S)C2. The number of hydrogen-bond acceptors (Lipinski definition) is 7. The molecular formula is C28H36ClN7S. The highest BCUT2D eigenvalue weighted by Crippen LogP contribution is 2.37. The number of anilines is 3. The van der Waals surface area contributed by atoms with Gasteiger partial charge in [-0.25, -0.2) is 9.97 Å². The van der Waals surface area contributed by atoms with Crippen LogP contribution in [0.1, 0.15) is 35.2 Å². The number of benzene rings is 1. The molecule has 2 aromatic heterocycles. The quantitative estimate of drug-likeness (QED) is 0.327. The van der Waals surface area contributed by atoms with E-state index in [1.807, 2.05) is 25.4 Å². The van der Waals surface area contributed by atoms with Crippen molar-refractivity contribution in [3.63, 3.8) is 0 Å². The van der Waals surface area contributed by atoms with E-state index in [0.717, 1.165) is 88.2 Å². The van der Waals surface area contributed by atoms with E-state index in [-0.39, 0.29) is 0 Å². The van der Waals surface area contributed by atoms with E-state index in [1.54, 1.807) is 0 Å². The third-order valence-corrected chi connectivity index (χ3v) is 7.04. The van der Waals surface area contributed by atoms with Crippen LogP contribution in [0, 0.1) is 6.92 Å². The van der Waals surface area contributed by atoms with Crippen LogP contribution in [0.5, 0.6) is 0 Å². The topological polar surface area (TPSA) is 69.2 Å². The molecule has 7 nitrogen and oxygen atoms in total. The summed E-state index contributed by atoms with van der Waals surface area (Å²) in [5, 5.41) is 7.53. The van der Waals surface area contributed by atoms with Crippen molar-refractivity contribution in [3.8, 4) is 11.3 Å². The van der Waals surface area contributed by atoms with Crippen LogP contribution in [-0.4, -0.2) is 71.0 Å². The van der Waals surface area contributed by atoms with Gasteiger partial charge in [-0.15, -0.1) is 0 Å². The Morgan fingerprint density at radius 2 is 1.73 bits per heavy atom. The minimum atomic E-state index is 0.539. The van der Waals surface area contributed by atoms with E-state index >= 15 is 0 Å². The molecule has 37 heavy (non-hydrogen) atoms. The van der Waals surface area contributed by atoms with Crippen molar-refractivity contribution in [1.82, 2.24) is 24.8 Å². The normalized spacial score (nSPS) is 12.8. The van der Waals surface area contributed by atoms with Gasteiger partial charge in [-0.05, 0) is 103 Å². The molecule has 0 unspecified atom stereocenters. The highest BCUT2D eigenvalue weighted by molar-refractivity contribution is 7.80. The number of thiocarbonyl (C=S) groups is 1. The summed E-state index contributed by atoms with van der Waals surface area (Å²) in [6, 6.07) is 6.28. The minimum absolute atomic E-state index is 0.539. The maximum absolute atomic E-state index is 6.68. The van der Waals surface area contributed by atoms with Crippen LogP contribution in [0.3, 0.4) is 0 Å². The summed E-state index contributed by atoms with van der Waals surface area (Å²) in [6.45, 7) is 4.04. The smallest absolute Gasteiger partial charge is 0.227 e. The van der Waals surface area contributed by atoms with Gasteiger partial charge in [-0.3, -0.25) is 4.98 Å². The molecule has 0 saturated heterocycles. The van der Waals surface area contributed by atoms with Crippen LogP contribution in [0.25, 0.3) is 11.3 Å². The van der Waals surface area contributed by atoms with Gasteiger partial charge in [0.25, 0.3) is 0 Å². The van der Waals surface area contributed by atoms with Crippen molar-refractivity contribution in [2.45, 2.75) is 39.0 Å². The molecular weight excluding hydrogens is 502 g/mol. The molecule has 0 aliphatic carbocycles. The average Bonchev–Trinajstić information content (AvgIpc) is 2.95. The number of nitrogens with one attached hydrogen (secondary N) is 2. The second kappa shape index (κ2) is 12.3. The lowest BCUT2D eigenvalue weighted by atomic mass is 10.00. The van der Waals surface area contributed by atoms with Crippen molar-refractivity contribution >= 4 is 46.1 Å². The second-order valence-corrected chi connectivity index (χ2v) is 11.1. The molecule has 3 heterocycles. The average molecular weight is 538 g/mol. The lowest BCUT2D eigenvalue weighted by Gasteiger charge is -2.15. The standard InChI is InChI=1S/C28H36ClN7S/c1-18-24(12-19(16-30-18)8-6-10-35(2)3)33-28-31-17-21-14-26(37)32-25-15-23(29)20(9-7-11-36(4)5)13-22(25)27(21)34-28/h12-13,15-17H,6-11,14H2,1-5H3,(H,32,37)(H,31,33,34). The number of aryl methyl sites for hydroxylation is 3. The van der Waals surface area contributed by atoms with Crippen molar-refractivity contribution in [2.75, 3.05) is 51.9 Å². The summed E-state index contributed by atoms with van der Waals surface area (Å²) in [5.41, 5.74) is 7.89. The fraction of sp³-hybridized carbons (Fsp3) is 0.429. The van der Waals surface area contributed by atoms with E-state index in [9.17, 15) is 0 Å². The monoisotopic (exact) mass is 537 g/mol. The first-order chi connectivity index (χ1) is 17.7. The van der Waals surface area contributed by atoms with E-state index in [4.69, 9.17) is 28.8 Å². The Hall–Kier alpha value is -2.65.